The number of primary amides is 1. The lowest BCUT2D eigenvalue weighted by atomic mass is 9.80. The van der Waals surface area contributed by atoms with Crippen LogP contribution in [0.2, 0.25) is 0 Å². The minimum absolute atomic E-state index is 0.167. The van der Waals surface area contributed by atoms with E-state index >= 15 is 0 Å². The van der Waals surface area contributed by atoms with E-state index in [2.05, 4.69) is 52.3 Å². The maximum Gasteiger partial charge on any atom is 0.488 e. The van der Waals surface area contributed by atoms with Gasteiger partial charge >= 0.3 is 7.12 Å². The average molecular weight is 578 g/mol. The van der Waals surface area contributed by atoms with Crippen molar-refractivity contribution in [3.63, 3.8) is 0 Å². The fraction of sp³-hybridized carbons (Fsp3) is 0.188. The quantitative estimate of drug-likeness (QED) is 0.0736. The van der Waals surface area contributed by atoms with Crippen molar-refractivity contribution in [1.82, 2.24) is 16.0 Å². The highest BCUT2D eigenvalue weighted by atomic mass is 16.4. The summed E-state index contributed by atoms with van der Waals surface area (Å²) in [4.78, 5) is 49.6. The van der Waals surface area contributed by atoms with E-state index in [9.17, 15) is 29.2 Å². The zero-order valence-electron chi connectivity index (χ0n) is 23.3. The van der Waals surface area contributed by atoms with Gasteiger partial charge in [-0.15, -0.1) is 0 Å². The van der Waals surface area contributed by atoms with Gasteiger partial charge in [0.25, 0.3) is 5.91 Å². The van der Waals surface area contributed by atoms with Crippen LogP contribution in [0, 0.1) is 0 Å². The van der Waals surface area contributed by atoms with Crippen molar-refractivity contribution in [1.29, 1.82) is 0 Å². The van der Waals surface area contributed by atoms with Gasteiger partial charge in [-0.05, 0) is 68.3 Å². The molecule has 1 unspecified atom stereocenters. The van der Waals surface area contributed by atoms with Crippen LogP contribution in [0.3, 0.4) is 0 Å². The predicted molar refractivity (Wildman–Crippen MR) is 166 cm³/mol. The molecule has 4 amide bonds. The van der Waals surface area contributed by atoms with E-state index in [0.717, 1.165) is 32.5 Å². The van der Waals surface area contributed by atoms with Crippen molar-refractivity contribution in [3.05, 3.63) is 90.0 Å². The molecule has 0 bridgehead atoms. The van der Waals surface area contributed by atoms with Crippen molar-refractivity contribution in [2.75, 3.05) is 13.1 Å². The van der Waals surface area contributed by atoms with Crippen LogP contribution >= 0.6 is 0 Å². The van der Waals surface area contributed by atoms with Crippen LogP contribution < -0.4 is 27.1 Å². The van der Waals surface area contributed by atoms with Crippen molar-refractivity contribution in [3.8, 4) is 0 Å². The smallest absolute Gasteiger partial charge is 0.423 e. The first-order valence-corrected chi connectivity index (χ1v) is 14.0. The molecule has 0 heterocycles. The Morgan fingerprint density at radius 2 is 1.44 bits per heavy atom. The van der Waals surface area contributed by atoms with Crippen LogP contribution in [0.4, 0.5) is 0 Å². The van der Waals surface area contributed by atoms with Gasteiger partial charge in [0.05, 0.1) is 13.0 Å². The minimum Gasteiger partial charge on any atom is -0.423 e. The van der Waals surface area contributed by atoms with Crippen molar-refractivity contribution in [2.45, 2.75) is 25.3 Å². The van der Waals surface area contributed by atoms with Crippen molar-refractivity contribution in [2.24, 2.45) is 5.73 Å². The summed E-state index contributed by atoms with van der Waals surface area (Å²) in [7, 11) is -1.67. The van der Waals surface area contributed by atoms with Crippen LogP contribution in [0.15, 0.2) is 78.9 Å². The molecule has 1 atom stereocenters. The molecule has 0 radical (unpaired) electrons. The number of carbonyl (C=O) groups excluding carboxylic acids is 4. The SMILES string of the molecule is NC(=O)CNC(=O)C(CCCNC(=O)Cc1ccc2ccc3cccc4ccc1c2c34)NC(=O)c1ccc(B(O)O)cc1. The van der Waals surface area contributed by atoms with E-state index in [1.807, 2.05) is 18.2 Å². The minimum atomic E-state index is -1.67. The fourth-order valence-electron chi connectivity index (χ4n) is 5.33. The van der Waals surface area contributed by atoms with E-state index in [4.69, 9.17) is 5.73 Å². The average Bonchev–Trinajstić information content (AvgIpc) is 3.00. The number of nitrogens with two attached hydrogens (primary N) is 1. The molecule has 5 aromatic carbocycles. The molecule has 7 N–H and O–H groups in total. The van der Waals surface area contributed by atoms with Gasteiger partial charge in [0.1, 0.15) is 6.04 Å². The van der Waals surface area contributed by atoms with Crippen molar-refractivity contribution < 1.29 is 29.2 Å². The first-order chi connectivity index (χ1) is 20.7. The lowest BCUT2D eigenvalue weighted by molar-refractivity contribution is -0.126. The lowest BCUT2D eigenvalue weighted by Gasteiger charge is -2.18. The fourth-order valence-corrected chi connectivity index (χ4v) is 5.33. The molecule has 5 rings (SSSR count). The highest BCUT2D eigenvalue weighted by molar-refractivity contribution is 6.58. The first-order valence-electron chi connectivity index (χ1n) is 14.0. The molecule has 0 saturated carbocycles. The Hall–Kier alpha value is -5.00. The highest BCUT2D eigenvalue weighted by Gasteiger charge is 2.22. The number of benzene rings is 5. The number of hydrogen-bond donors (Lipinski definition) is 6. The number of carbonyl (C=O) groups is 4. The van der Waals surface area contributed by atoms with Gasteiger partial charge in [-0.3, -0.25) is 19.2 Å². The molecule has 10 nitrogen and oxygen atoms in total. The monoisotopic (exact) mass is 578 g/mol. The molecule has 5 aromatic rings. The molecule has 218 valence electrons. The molecule has 0 aliphatic heterocycles. The summed E-state index contributed by atoms with van der Waals surface area (Å²) >= 11 is 0. The Morgan fingerprint density at radius 3 is 2.12 bits per heavy atom. The molecule has 0 fully saturated rings. The Bertz CT molecular complexity index is 1790. The maximum atomic E-state index is 12.9. The van der Waals surface area contributed by atoms with Crippen LogP contribution in [0.1, 0.15) is 28.8 Å². The molecule has 43 heavy (non-hydrogen) atoms. The van der Waals surface area contributed by atoms with E-state index in [1.54, 1.807) is 0 Å². The second kappa shape index (κ2) is 12.9. The standard InChI is InChI=1S/C32H31BN4O6/c34-27(38)18-36-32(41)26(37-31(40)22-10-13-24(14-11-22)33(42)43)5-2-16-35-28(39)17-23-9-8-21-7-6-19-3-1-4-20-12-15-25(23)30(21)29(19)20/h1,3-4,6-15,26,42-43H,2,5,16-18H2,(H2,34,38)(H,35,39)(H,36,41)(H,37,40). The van der Waals surface area contributed by atoms with Gasteiger partial charge in [-0.25, -0.2) is 0 Å². The number of hydrogen-bond acceptors (Lipinski definition) is 6. The Morgan fingerprint density at radius 1 is 0.791 bits per heavy atom. The van der Waals surface area contributed by atoms with Gasteiger partial charge in [0.15, 0.2) is 0 Å². The summed E-state index contributed by atoms with van der Waals surface area (Å²) in [6.45, 7) is -0.117. The van der Waals surface area contributed by atoms with Gasteiger partial charge in [-0.1, -0.05) is 66.7 Å². The summed E-state index contributed by atoms with van der Waals surface area (Å²) in [5, 5.41) is 33.2. The van der Waals surface area contributed by atoms with Crippen molar-refractivity contribution >= 4 is 68.5 Å². The zero-order chi connectivity index (χ0) is 30.5. The number of amides is 4. The highest BCUT2D eigenvalue weighted by Crippen LogP contribution is 2.36. The summed E-state index contributed by atoms with van der Waals surface area (Å²) in [6, 6.07) is 23.1. The van der Waals surface area contributed by atoms with Gasteiger partial charge in [0, 0.05) is 12.1 Å². The molecular weight excluding hydrogens is 547 g/mol. The molecule has 0 aromatic heterocycles. The normalized spacial score (nSPS) is 11.9. The molecule has 0 aliphatic carbocycles. The van der Waals surface area contributed by atoms with Gasteiger partial charge < -0.3 is 31.7 Å². The Balaban J connectivity index is 1.21. The summed E-state index contributed by atoms with van der Waals surface area (Å²) in [6.07, 6.45) is 0.740. The lowest BCUT2D eigenvalue weighted by Crippen LogP contribution is -2.48. The Labute approximate surface area is 247 Å². The molecular formula is C32H31BN4O6. The van der Waals surface area contributed by atoms with E-state index in [-0.39, 0.29) is 42.9 Å². The number of rotatable bonds is 12. The van der Waals surface area contributed by atoms with Crippen LogP contribution in [-0.2, 0) is 20.8 Å². The summed E-state index contributed by atoms with van der Waals surface area (Å²) in [5.74, 6) is -2.04. The summed E-state index contributed by atoms with van der Waals surface area (Å²) in [5.41, 5.74) is 6.47. The third-order valence-corrected chi connectivity index (χ3v) is 7.49. The predicted octanol–water partition coefficient (Wildman–Crippen LogP) is 1.10. The van der Waals surface area contributed by atoms with E-state index in [0.29, 0.717) is 6.42 Å². The largest absolute Gasteiger partial charge is 0.488 e. The maximum absolute atomic E-state index is 12.9. The molecule has 0 spiro atoms. The Kier molecular flexibility index (Phi) is 8.84. The third-order valence-electron chi connectivity index (χ3n) is 7.49. The second-order valence-corrected chi connectivity index (χ2v) is 10.5. The van der Waals surface area contributed by atoms with Crippen LogP contribution in [0.25, 0.3) is 32.3 Å². The summed E-state index contributed by atoms with van der Waals surface area (Å²) < 4.78 is 0. The molecule has 0 saturated heterocycles. The van der Waals surface area contributed by atoms with Gasteiger partial charge in [0.2, 0.25) is 17.7 Å². The van der Waals surface area contributed by atoms with E-state index in [1.165, 1.54) is 29.7 Å². The third kappa shape index (κ3) is 6.74. The second-order valence-electron chi connectivity index (χ2n) is 10.5. The molecule has 0 aliphatic rings. The van der Waals surface area contributed by atoms with Gasteiger partial charge in [-0.2, -0.15) is 0 Å². The molecule has 11 heteroatoms. The van der Waals surface area contributed by atoms with Crippen LogP contribution in [-0.4, -0.2) is 59.9 Å². The van der Waals surface area contributed by atoms with E-state index < -0.39 is 30.9 Å². The van der Waals surface area contributed by atoms with Crippen LogP contribution in [0.5, 0.6) is 0 Å². The zero-order valence-corrected chi connectivity index (χ0v) is 23.3. The number of nitrogens with one attached hydrogen (secondary N) is 3. The topological polar surface area (TPSA) is 171 Å². The first kappa shape index (κ1) is 29.5.